The molecule has 0 radical (unpaired) electrons. The third kappa shape index (κ3) is 3.08. The van der Waals surface area contributed by atoms with E-state index in [9.17, 15) is 19.5 Å². The number of carbonyl (C=O) groups is 3. The van der Waals surface area contributed by atoms with Gasteiger partial charge in [0.15, 0.2) is 17.4 Å². The highest BCUT2D eigenvalue weighted by molar-refractivity contribution is 6.23. The molecule has 40 heavy (non-hydrogen) atoms. The number of aliphatic carboxylic acids is 1. The zero-order chi connectivity index (χ0) is 29.3. The number of carboxylic acid groups (broad SMARTS) is 1. The summed E-state index contributed by atoms with van der Waals surface area (Å²) in [6, 6.07) is 0. The van der Waals surface area contributed by atoms with E-state index in [1.807, 2.05) is 26.0 Å². The van der Waals surface area contributed by atoms with Crippen LogP contribution in [-0.4, -0.2) is 43.3 Å². The highest BCUT2D eigenvalue weighted by Crippen LogP contribution is 2.75. The SMILES string of the molecule is CC1[C@H]2[C@H]3C(=O)C=C4[C@@]5(C)C=C(c6nnn[nH]6)C(=O)C(C)(C)[C@@H]5CC[C@@]4(C)[C@]3(C)CC[C@@]2(C(=O)O)CCC1(C)C. The average molecular weight is 549 g/mol. The van der Waals surface area contributed by atoms with Crippen LogP contribution in [0.4, 0.5) is 0 Å². The number of aromatic amines is 1. The van der Waals surface area contributed by atoms with E-state index in [1.165, 1.54) is 0 Å². The Labute approximate surface area is 236 Å². The maximum Gasteiger partial charge on any atom is 0.309 e. The normalized spacial score (nSPS) is 45.3. The second kappa shape index (κ2) is 8.01. The molecule has 216 valence electrons. The van der Waals surface area contributed by atoms with Gasteiger partial charge in [0.2, 0.25) is 0 Å². The van der Waals surface area contributed by atoms with Crippen LogP contribution < -0.4 is 0 Å². The third-order valence-corrected chi connectivity index (χ3v) is 13.6. The van der Waals surface area contributed by atoms with Gasteiger partial charge in [0.25, 0.3) is 0 Å². The number of nitrogens with zero attached hydrogens (tertiary/aromatic N) is 3. The van der Waals surface area contributed by atoms with Crippen molar-refractivity contribution in [2.45, 2.75) is 93.9 Å². The summed E-state index contributed by atoms with van der Waals surface area (Å²) in [6.07, 6.45) is 8.45. The molecule has 0 aliphatic heterocycles. The molecule has 8 nitrogen and oxygen atoms in total. The number of rotatable bonds is 2. The first-order chi connectivity index (χ1) is 18.5. The first kappa shape index (κ1) is 27.5. The minimum Gasteiger partial charge on any atom is -0.481 e. The number of H-pyrrole nitrogens is 1. The second-order valence-electron chi connectivity index (χ2n) is 15.7. The van der Waals surface area contributed by atoms with Gasteiger partial charge in [-0.25, -0.2) is 5.10 Å². The van der Waals surface area contributed by atoms with Crippen LogP contribution in [0.2, 0.25) is 0 Å². The van der Waals surface area contributed by atoms with Crippen molar-refractivity contribution < 1.29 is 19.5 Å². The molecule has 1 aromatic heterocycles. The first-order valence-electron chi connectivity index (χ1n) is 15.0. The molecule has 0 amide bonds. The van der Waals surface area contributed by atoms with Crippen LogP contribution in [0.1, 0.15) is 99.7 Å². The number of ketones is 2. The number of Topliss-reactive ketones (excluding diaryl/α,β-unsaturated/α-hetero) is 1. The molecular weight excluding hydrogens is 504 g/mol. The van der Waals surface area contributed by atoms with E-state index in [0.29, 0.717) is 30.7 Å². The maximum absolute atomic E-state index is 14.6. The minimum atomic E-state index is -0.858. The van der Waals surface area contributed by atoms with Gasteiger partial charge >= 0.3 is 5.97 Å². The van der Waals surface area contributed by atoms with Crippen molar-refractivity contribution >= 4 is 23.1 Å². The Bertz CT molecular complexity index is 1370. The molecule has 1 unspecified atom stereocenters. The Hall–Kier alpha value is -2.64. The minimum absolute atomic E-state index is 0.0196. The predicted molar refractivity (Wildman–Crippen MR) is 150 cm³/mol. The number of allylic oxidation sites excluding steroid dienone is 4. The smallest absolute Gasteiger partial charge is 0.309 e. The average Bonchev–Trinajstić information content (AvgIpc) is 3.40. The van der Waals surface area contributed by atoms with Gasteiger partial charge in [-0.15, -0.1) is 5.10 Å². The lowest BCUT2D eigenvalue weighted by Gasteiger charge is -2.69. The number of fused-ring (bicyclic) bond motifs is 7. The Morgan fingerprint density at radius 2 is 1.68 bits per heavy atom. The van der Waals surface area contributed by atoms with Crippen LogP contribution in [0.25, 0.3) is 5.57 Å². The molecule has 2 N–H and O–H groups in total. The quantitative estimate of drug-likeness (QED) is 0.487. The fourth-order valence-corrected chi connectivity index (χ4v) is 10.7. The molecule has 1 aromatic rings. The molecule has 8 atom stereocenters. The lowest BCUT2D eigenvalue weighted by atomic mass is 9.33. The van der Waals surface area contributed by atoms with Crippen molar-refractivity contribution in [2.75, 3.05) is 0 Å². The van der Waals surface area contributed by atoms with Crippen LogP contribution in [-0.2, 0) is 14.4 Å². The molecule has 3 saturated carbocycles. The molecule has 0 aromatic carbocycles. The fourth-order valence-electron chi connectivity index (χ4n) is 10.7. The Morgan fingerprint density at radius 3 is 2.30 bits per heavy atom. The molecule has 5 aliphatic carbocycles. The monoisotopic (exact) mass is 548 g/mol. The van der Waals surface area contributed by atoms with Crippen molar-refractivity contribution in [3.63, 3.8) is 0 Å². The topological polar surface area (TPSA) is 126 Å². The largest absolute Gasteiger partial charge is 0.481 e. The van der Waals surface area contributed by atoms with Crippen LogP contribution in [0.5, 0.6) is 0 Å². The Morgan fingerprint density at radius 1 is 1.00 bits per heavy atom. The molecule has 5 aliphatic rings. The van der Waals surface area contributed by atoms with Gasteiger partial charge < -0.3 is 5.11 Å². The summed E-state index contributed by atoms with van der Waals surface area (Å²) in [7, 11) is 0. The number of aromatic nitrogens is 4. The third-order valence-electron chi connectivity index (χ3n) is 13.6. The molecule has 0 bridgehead atoms. The van der Waals surface area contributed by atoms with Crippen LogP contribution in [0.15, 0.2) is 17.7 Å². The number of hydrogen-bond acceptors (Lipinski definition) is 6. The van der Waals surface area contributed by atoms with E-state index in [0.717, 1.165) is 24.8 Å². The summed E-state index contributed by atoms with van der Waals surface area (Å²) in [6.45, 7) is 17.5. The lowest BCUT2D eigenvalue weighted by Crippen LogP contribution is -2.67. The van der Waals surface area contributed by atoms with Gasteiger partial charge in [0.1, 0.15) is 0 Å². The fraction of sp³-hybridized carbons (Fsp3) is 0.750. The van der Waals surface area contributed by atoms with E-state index in [2.05, 4.69) is 62.2 Å². The highest BCUT2D eigenvalue weighted by atomic mass is 16.4. The van der Waals surface area contributed by atoms with E-state index in [1.54, 1.807) is 0 Å². The van der Waals surface area contributed by atoms with E-state index in [4.69, 9.17) is 0 Å². The summed E-state index contributed by atoms with van der Waals surface area (Å²) in [5, 5.41) is 25.0. The molecule has 0 saturated heterocycles. The van der Waals surface area contributed by atoms with Gasteiger partial charge in [-0.2, -0.15) is 0 Å². The number of nitrogens with one attached hydrogen (secondary N) is 1. The molecule has 3 fully saturated rings. The van der Waals surface area contributed by atoms with Gasteiger partial charge in [-0.3, -0.25) is 14.4 Å². The van der Waals surface area contributed by atoms with E-state index in [-0.39, 0.29) is 51.5 Å². The molecule has 1 heterocycles. The van der Waals surface area contributed by atoms with Crippen molar-refractivity contribution in [3.8, 4) is 0 Å². The lowest BCUT2D eigenvalue weighted by molar-refractivity contribution is -0.199. The summed E-state index contributed by atoms with van der Waals surface area (Å²) >= 11 is 0. The summed E-state index contributed by atoms with van der Waals surface area (Å²) in [5.74, 6) is -0.711. The number of carboxylic acids is 1. The Kier molecular flexibility index (Phi) is 5.51. The summed E-state index contributed by atoms with van der Waals surface area (Å²) < 4.78 is 0. The van der Waals surface area contributed by atoms with E-state index >= 15 is 0 Å². The Balaban J connectivity index is 1.56. The molecule has 6 rings (SSSR count). The van der Waals surface area contributed by atoms with Crippen LogP contribution >= 0.6 is 0 Å². The first-order valence-corrected chi connectivity index (χ1v) is 15.0. The van der Waals surface area contributed by atoms with Crippen LogP contribution in [0.3, 0.4) is 0 Å². The summed E-state index contributed by atoms with van der Waals surface area (Å²) in [5.41, 5.74) is -1.24. The van der Waals surface area contributed by atoms with Crippen LogP contribution in [0, 0.1) is 56.2 Å². The van der Waals surface area contributed by atoms with Gasteiger partial charge in [0.05, 0.1) is 11.0 Å². The zero-order valence-corrected chi connectivity index (χ0v) is 25.2. The van der Waals surface area contributed by atoms with Crippen molar-refractivity contribution in [3.05, 3.63) is 23.5 Å². The van der Waals surface area contributed by atoms with E-state index < -0.39 is 22.2 Å². The summed E-state index contributed by atoms with van der Waals surface area (Å²) in [4.78, 5) is 41.3. The standard InChI is InChI=1S/C32H44N4O4/c1-17-22-23-19(37)15-21-29(6)16-18(25-33-35-36-34-25)24(38)28(4,5)20(29)9-10-30(21,7)31(23,8)12-14-32(22,26(39)40)13-11-27(17,2)3/h15-17,20,22-23H,9-14H2,1-8H3,(H,39,40)(H,33,34,35,36)/t17?,20-,22-,23+,29-,30+,31+,32-/m0/s1. The van der Waals surface area contributed by atoms with Crippen molar-refractivity contribution in [1.29, 1.82) is 0 Å². The van der Waals surface area contributed by atoms with Gasteiger partial charge in [-0.1, -0.05) is 67.0 Å². The number of hydrogen-bond donors (Lipinski definition) is 2. The maximum atomic E-state index is 14.6. The molecule has 8 heteroatoms. The van der Waals surface area contributed by atoms with Crippen molar-refractivity contribution in [2.24, 2.45) is 56.2 Å². The van der Waals surface area contributed by atoms with Gasteiger partial charge in [0, 0.05) is 16.7 Å². The van der Waals surface area contributed by atoms with Crippen molar-refractivity contribution in [1.82, 2.24) is 20.6 Å². The van der Waals surface area contributed by atoms with Gasteiger partial charge in [-0.05, 0) is 89.0 Å². The zero-order valence-electron chi connectivity index (χ0n) is 25.2. The molecular formula is C32H44N4O4. The highest BCUT2D eigenvalue weighted by Gasteiger charge is 2.72. The molecule has 0 spiro atoms. The second-order valence-corrected chi connectivity index (χ2v) is 15.7. The number of tetrazole rings is 1. The predicted octanol–water partition coefficient (Wildman–Crippen LogP) is 5.68. The number of carbonyl (C=O) groups excluding carboxylic acids is 2.